The fraction of sp³-hybridized carbons (Fsp3) is 0.500. The molecule has 1 heterocycles. The van der Waals surface area contributed by atoms with Gasteiger partial charge < -0.3 is 14.8 Å². The molecule has 29 heavy (non-hydrogen) atoms. The quantitative estimate of drug-likeness (QED) is 0.742. The zero-order valence-corrected chi connectivity index (χ0v) is 17.8. The Balaban J connectivity index is 1.46. The number of benzene rings is 1. The molecule has 1 saturated carbocycles. The van der Waals surface area contributed by atoms with Gasteiger partial charge in [0, 0.05) is 10.7 Å². The Bertz CT molecular complexity index is 930. The SMILES string of the molecule is CC(C)(C)OC(=O)CO[C@H]1CC[C@H](NC(=O)c2cc3ccc(C#N)cc3s2)CC1. The Kier molecular flexibility index (Phi) is 6.56. The highest BCUT2D eigenvalue weighted by atomic mass is 32.1. The van der Waals surface area contributed by atoms with Crippen LogP contribution in [0.1, 0.15) is 61.7 Å². The molecular formula is C22H26N2O4S. The van der Waals surface area contributed by atoms with Gasteiger partial charge in [-0.25, -0.2) is 4.79 Å². The Morgan fingerprint density at radius 1 is 1.21 bits per heavy atom. The molecule has 2 aromatic rings. The van der Waals surface area contributed by atoms with Crippen LogP contribution in [-0.4, -0.2) is 36.2 Å². The molecule has 0 unspecified atom stereocenters. The number of rotatable bonds is 5. The standard InChI is InChI=1S/C22H26N2O4S/c1-22(2,3)28-20(25)13-27-17-8-6-16(7-9-17)24-21(26)19-11-15-5-4-14(12-23)10-18(15)29-19/h4-5,10-11,16-17H,6-9,13H2,1-3H3,(H,24,26)/t16-,17-. The number of ether oxygens (including phenoxy) is 2. The molecule has 3 rings (SSSR count). The number of carbonyl (C=O) groups excluding carboxylic acids is 2. The van der Waals surface area contributed by atoms with Gasteiger partial charge in [-0.2, -0.15) is 5.26 Å². The van der Waals surface area contributed by atoms with E-state index in [0.717, 1.165) is 35.8 Å². The summed E-state index contributed by atoms with van der Waals surface area (Å²) < 4.78 is 11.9. The van der Waals surface area contributed by atoms with Crippen LogP contribution in [0.5, 0.6) is 0 Å². The lowest BCUT2D eigenvalue weighted by atomic mass is 9.93. The summed E-state index contributed by atoms with van der Waals surface area (Å²) in [5, 5.41) is 13.1. The summed E-state index contributed by atoms with van der Waals surface area (Å²) in [5.74, 6) is -0.430. The summed E-state index contributed by atoms with van der Waals surface area (Å²) >= 11 is 1.40. The van der Waals surface area contributed by atoms with Crippen LogP contribution in [-0.2, 0) is 14.3 Å². The minimum atomic E-state index is -0.509. The molecular weight excluding hydrogens is 388 g/mol. The topological polar surface area (TPSA) is 88.4 Å². The van der Waals surface area contributed by atoms with E-state index in [-0.39, 0.29) is 30.6 Å². The number of nitrogens with zero attached hydrogens (tertiary/aromatic N) is 1. The van der Waals surface area contributed by atoms with Gasteiger partial charge in [-0.05, 0) is 70.0 Å². The van der Waals surface area contributed by atoms with Gasteiger partial charge in [0.1, 0.15) is 12.2 Å². The first-order valence-corrected chi connectivity index (χ1v) is 10.6. The highest BCUT2D eigenvalue weighted by molar-refractivity contribution is 7.20. The van der Waals surface area contributed by atoms with Gasteiger partial charge in [0.15, 0.2) is 0 Å². The molecule has 7 heteroatoms. The van der Waals surface area contributed by atoms with Crippen molar-refractivity contribution >= 4 is 33.3 Å². The maximum Gasteiger partial charge on any atom is 0.332 e. The van der Waals surface area contributed by atoms with Crippen LogP contribution in [0.4, 0.5) is 0 Å². The normalized spacial score (nSPS) is 19.5. The molecule has 1 fully saturated rings. The Labute approximate surface area is 174 Å². The summed E-state index contributed by atoms with van der Waals surface area (Å²) in [6, 6.07) is 9.53. The van der Waals surface area contributed by atoms with Crippen molar-refractivity contribution in [1.82, 2.24) is 5.32 Å². The Morgan fingerprint density at radius 2 is 1.93 bits per heavy atom. The number of nitriles is 1. The van der Waals surface area contributed by atoms with Crippen LogP contribution >= 0.6 is 11.3 Å². The third kappa shape index (κ3) is 6.02. The van der Waals surface area contributed by atoms with E-state index in [1.54, 1.807) is 6.07 Å². The van der Waals surface area contributed by atoms with Crippen molar-refractivity contribution in [3.8, 4) is 6.07 Å². The average molecular weight is 415 g/mol. The van der Waals surface area contributed by atoms with Gasteiger partial charge in [0.2, 0.25) is 0 Å². The Hall–Kier alpha value is -2.43. The van der Waals surface area contributed by atoms with E-state index in [1.165, 1.54) is 11.3 Å². The largest absolute Gasteiger partial charge is 0.458 e. The molecule has 0 bridgehead atoms. The number of carbonyl (C=O) groups is 2. The number of nitrogens with one attached hydrogen (secondary N) is 1. The fourth-order valence-corrected chi connectivity index (χ4v) is 4.40. The lowest BCUT2D eigenvalue weighted by molar-refractivity contribution is -0.162. The number of esters is 1. The predicted molar refractivity (Wildman–Crippen MR) is 112 cm³/mol. The lowest BCUT2D eigenvalue weighted by Gasteiger charge is -2.29. The van der Waals surface area contributed by atoms with Crippen molar-refractivity contribution in [2.45, 2.75) is 64.2 Å². The molecule has 1 aliphatic carbocycles. The molecule has 0 saturated heterocycles. The van der Waals surface area contributed by atoms with E-state index in [4.69, 9.17) is 14.7 Å². The summed E-state index contributed by atoms with van der Waals surface area (Å²) in [4.78, 5) is 25.0. The number of hydrogen-bond acceptors (Lipinski definition) is 6. The van der Waals surface area contributed by atoms with Crippen LogP contribution in [0.25, 0.3) is 10.1 Å². The molecule has 0 atom stereocenters. The highest BCUT2D eigenvalue weighted by Gasteiger charge is 2.25. The first-order chi connectivity index (χ1) is 13.7. The number of amides is 1. The van der Waals surface area contributed by atoms with Gasteiger partial charge in [-0.15, -0.1) is 11.3 Å². The molecule has 1 aromatic carbocycles. The van der Waals surface area contributed by atoms with Gasteiger partial charge in [-0.3, -0.25) is 4.79 Å². The first-order valence-electron chi connectivity index (χ1n) is 9.81. The van der Waals surface area contributed by atoms with Gasteiger partial charge >= 0.3 is 5.97 Å². The molecule has 1 N–H and O–H groups in total. The lowest BCUT2D eigenvalue weighted by Crippen LogP contribution is -2.39. The van der Waals surface area contributed by atoms with E-state index in [2.05, 4.69) is 11.4 Å². The van der Waals surface area contributed by atoms with Crippen LogP contribution in [0.3, 0.4) is 0 Å². The van der Waals surface area contributed by atoms with E-state index >= 15 is 0 Å². The zero-order chi connectivity index (χ0) is 21.0. The minimum absolute atomic E-state index is 0.0180. The highest BCUT2D eigenvalue weighted by Crippen LogP contribution is 2.27. The van der Waals surface area contributed by atoms with Crippen molar-refractivity contribution in [1.29, 1.82) is 5.26 Å². The second kappa shape index (κ2) is 8.93. The van der Waals surface area contributed by atoms with E-state index in [9.17, 15) is 9.59 Å². The van der Waals surface area contributed by atoms with Crippen LogP contribution in [0, 0.1) is 11.3 Å². The third-order valence-corrected chi connectivity index (χ3v) is 5.84. The maximum absolute atomic E-state index is 12.6. The molecule has 1 aromatic heterocycles. The van der Waals surface area contributed by atoms with Crippen molar-refractivity contribution in [3.63, 3.8) is 0 Å². The van der Waals surface area contributed by atoms with Crippen molar-refractivity contribution in [2.24, 2.45) is 0 Å². The fourth-order valence-electron chi connectivity index (χ4n) is 3.40. The summed E-state index contributed by atoms with van der Waals surface area (Å²) in [7, 11) is 0. The van der Waals surface area contributed by atoms with Crippen LogP contribution in [0.15, 0.2) is 24.3 Å². The number of thiophene rings is 1. The van der Waals surface area contributed by atoms with E-state index in [0.29, 0.717) is 10.4 Å². The van der Waals surface area contributed by atoms with Gasteiger partial charge in [-0.1, -0.05) is 6.07 Å². The molecule has 154 valence electrons. The molecule has 0 radical (unpaired) electrons. The third-order valence-electron chi connectivity index (χ3n) is 4.74. The summed E-state index contributed by atoms with van der Waals surface area (Å²) in [6.45, 7) is 5.46. The van der Waals surface area contributed by atoms with Gasteiger partial charge in [0.05, 0.1) is 22.6 Å². The smallest absolute Gasteiger partial charge is 0.332 e. The molecule has 0 spiro atoms. The molecule has 0 aliphatic heterocycles. The average Bonchev–Trinajstić information content (AvgIpc) is 3.09. The molecule has 1 amide bonds. The zero-order valence-electron chi connectivity index (χ0n) is 17.0. The first kappa shape index (κ1) is 21.3. The van der Waals surface area contributed by atoms with Crippen molar-refractivity contribution in [2.75, 3.05) is 6.61 Å². The minimum Gasteiger partial charge on any atom is -0.458 e. The summed E-state index contributed by atoms with van der Waals surface area (Å²) in [5.41, 5.74) is 0.0848. The van der Waals surface area contributed by atoms with Crippen molar-refractivity contribution < 1.29 is 19.1 Å². The monoisotopic (exact) mass is 414 g/mol. The second-order valence-electron chi connectivity index (χ2n) is 8.32. The predicted octanol–water partition coefficient (Wildman–Crippen LogP) is 4.17. The van der Waals surface area contributed by atoms with Crippen molar-refractivity contribution in [3.05, 3.63) is 34.7 Å². The second-order valence-corrected chi connectivity index (χ2v) is 9.40. The number of fused-ring (bicyclic) bond motifs is 1. The van der Waals surface area contributed by atoms with E-state index in [1.807, 2.05) is 39.0 Å². The van der Waals surface area contributed by atoms with Crippen LogP contribution < -0.4 is 5.32 Å². The molecule has 6 nitrogen and oxygen atoms in total. The maximum atomic E-state index is 12.6. The number of hydrogen-bond donors (Lipinski definition) is 1. The Morgan fingerprint density at radius 3 is 2.59 bits per heavy atom. The molecule has 1 aliphatic rings. The van der Waals surface area contributed by atoms with E-state index < -0.39 is 5.60 Å². The van der Waals surface area contributed by atoms with Crippen LogP contribution in [0.2, 0.25) is 0 Å². The van der Waals surface area contributed by atoms with Gasteiger partial charge in [0.25, 0.3) is 5.91 Å². The summed E-state index contributed by atoms with van der Waals surface area (Å²) in [6.07, 6.45) is 3.24.